The van der Waals surface area contributed by atoms with Gasteiger partial charge in [-0.15, -0.1) is 0 Å². The van der Waals surface area contributed by atoms with Crippen LogP contribution in [0.15, 0.2) is 34.6 Å². The molecule has 1 saturated heterocycles. The summed E-state index contributed by atoms with van der Waals surface area (Å²) in [7, 11) is 1.82. The third-order valence-electron chi connectivity index (χ3n) is 4.39. The fraction of sp³-hybridized carbons (Fsp3) is 0.467. The minimum atomic E-state index is -0.199. The maximum Gasteiger partial charge on any atom is 0.287 e. The quantitative estimate of drug-likeness (QED) is 0.916. The standard InChI is InChI=1S/C15H18N2O3/c1-17-12-5-2-7-15(12,8-6-13(17)18)10-16-14(19)11-4-3-9-20-11/h3-5,9H,2,6-8,10H2,1H3,(H,16,19). The Kier molecular flexibility index (Phi) is 3.12. The first-order chi connectivity index (χ1) is 9.62. The third kappa shape index (κ3) is 2.03. The molecule has 0 radical (unpaired) electrons. The van der Waals surface area contributed by atoms with Gasteiger partial charge < -0.3 is 14.6 Å². The Labute approximate surface area is 117 Å². The van der Waals surface area contributed by atoms with Crippen molar-refractivity contribution in [1.29, 1.82) is 0 Å². The molecule has 2 aliphatic rings. The molecule has 1 unspecified atom stereocenters. The Bertz CT molecular complexity index is 562. The summed E-state index contributed by atoms with van der Waals surface area (Å²) in [6, 6.07) is 3.34. The van der Waals surface area contributed by atoms with E-state index in [1.54, 1.807) is 17.0 Å². The highest BCUT2D eigenvalue weighted by Crippen LogP contribution is 2.46. The largest absolute Gasteiger partial charge is 0.459 e. The maximum atomic E-state index is 12.0. The molecule has 1 aromatic rings. The van der Waals surface area contributed by atoms with Crippen molar-refractivity contribution in [2.45, 2.75) is 25.7 Å². The SMILES string of the molecule is CN1C(=O)CCC2(CNC(=O)c3ccco3)CCC=C12. The van der Waals surface area contributed by atoms with Gasteiger partial charge in [-0.05, 0) is 31.4 Å². The highest BCUT2D eigenvalue weighted by atomic mass is 16.3. The molecule has 0 bridgehead atoms. The van der Waals surface area contributed by atoms with E-state index in [0.29, 0.717) is 18.7 Å². The van der Waals surface area contributed by atoms with Crippen LogP contribution in [0.4, 0.5) is 0 Å². The van der Waals surface area contributed by atoms with Gasteiger partial charge in [-0.3, -0.25) is 9.59 Å². The molecule has 5 nitrogen and oxygen atoms in total. The number of rotatable bonds is 3. The van der Waals surface area contributed by atoms with Crippen LogP contribution in [0.5, 0.6) is 0 Å². The molecule has 1 atom stereocenters. The number of amides is 2. The van der Waals surface area contributed by atoms with Crippen molar-refractivity contribution in [3.8, 4) is 0 Å². The van der Waals surface area contributed by atoms with Gasteiger partial charge >= 0.3 is 0 Å². The van der Waals surface area contributed by atoms with Gasteiger partial charge in [0, 0.05) is 31.1 Å². The zero-order chi connectivity index (χ0) is 14.2. The van der Waals surface area contributed by atoms with Gasteiger partial charge in [0.05, 0.1) is 6.26 Å². The third-order valence-corrected chi connectivity index (χ3v) is 4.39. The Morgan fingerprint density at radius 1 is 1.50 bits per heavy atom. The summed E-state index contributed by atoms with van der Waals surface area (Å²) < 4.78 is 5.09. The predicted molar refractivity (Wildman–Crippen MR) is 72.8 cm³/mol. The summed E-state index contributed by atoms with van der Waals surface area (Å²) in [5, 5.41) is 2.94. The molecule has 1 aliphatic carbocycles. The number of fused-ring (bicyclic) bond motifs is 1. The van der Waals surface area contributed by atoms with Crippen molar-refractivity contribution < 1.29 is 14.0 Å². The summed E-state index contributed by atoms with van der Waals surface area (Å²) in [6.07, 6.45) is 6.91. The molecule has 2 heterocycles. The normalized spacial score (nSPS) is 25.4. The number of allylic oxidation sites excluding steroid dienone is 1. The molecular weight excluding hydrogens is 256 g/mol. The average molecular weight is 274 g/mol. The number of carbonyl (C=O) groups excluding carboxylic acids is 2. The number of likely N-dealkylation sites (tertiary alicyclic amines) is 1. The molecule has 106 valence electrons. The Morgan fingerprint density at radius 3 is 3.10 bits per heavy atom. The van der Waals surface area contributed by atoms with E-state index >= 15 is 0 Å². The van der Waals surface area contributed by atoms with Crippen molar-refractivity contribution in [2.75, 3.05) is 13.6 Å². The molecule has 2 amide bonds. The number of nitrogens with one attached hydrogen (secondary N) is 1. The summed E-state index contributed by atoms with van der Waals surface area (Å²) in [6.45, 7) is 0.552. The van der Waals surface area contributed by atoms with E-state index in [1.165, 1.54) is 6.26 Å². The molecule has 0 spiro atoms. The molecule has 0 saturated carbocycles. The topological polar surface area (TPSA) is 62.6 Å². The van der Waals surface area contributed by atoms with Crippen LogP contribution in [-0.2, 0) is 4.79 Å². The van der Waals surface area contributed by atoms with E-state index in [1.807, 2.05) is 7.05 Å². The predicted octanol–water partition coefficient (Wildman–Crippen LogP) is 1.93. The van der Waals surface area contributed by atoms with Gasteiger partial charge in [0.25, 0.3) is 5.91 Å². The van der Waals surface area contributed by atoms with Crippen LogP contribution in [0.25, 0.3) is 0 Å². The molecule has 0 aromatic carbocycles. The van der Waals surface area contributed by atoms with Crippen molar-refractivity contribution in [3.63, 3.8) is 0 Å². The molecule has 1 aliphatic heterocycles. The van der Waals surface area contributed by atoms with Crippen LogP contribution >= 0.6 is 0 Å². The Hall–Kier alpha value is -2.04. The molecule has 1 fully saturated rings. The van der Waals surface area contributed by atoms with E-state index < -0.39 is 0 Å². The number of hydrogen-bond donors (Lipinski definition) is 1. The van der Waals surface area contributed by atoms with Crippen LogP contribution in [0.1, 0.15) is 36.2 Å². The lowest BCUT2D eigenvalue weighted by Crippen LogP contribution is -2.46. The fourth-order valence-electron chi connectivity index (χ4n) is 3.24. The van der Waals surface area contributed by atoms with Crippen molar-refractivity contribution in [1.82, 2.24) is 10.2 Å². The number of furan rings is 1. The van der Waals surface area contributed by atoms with Crippen LogP contribution in [-0.4, -0.2) is 30.3 Å². The first-order valence-electron chi connectivity index (χ1n) is 6.91. The maximum absolute atomic E-state index is 12.0. The van der Waals surface area contributed by atoms with E-state index in [4.69, 9.17) is 4.42 Å². The lowest BCUT2D eigenvalue weighted by Gasteiger charge is -2.41. The highest BCUT2D eigenvalue weighted by Gasteiger charge is 2.44. The summed E-state index contributed by atoms with van der Waals surface area (Å²) in [4.78, 5) is 25.5. The molecular formula is C15H18N2O3. The first-order valence-corrected chi connectivity index (χ1v) is 6.91. The Balaban J connectivity index is 1.72. The summed E-state index contributed by atoms with van der Waals surface area (Å²) >= 11 is 0. The van der Waals surface area contributed by atoms with Crippen molar-refractivity contribution >= 4 is 11.8 Å². The van der Waals surface area contributed by atoms with Gasteiger partial charge in [0.15, 0.2) is 5.76 Å². The van der Waals surface area contributed by atoms with E-state index in [0.717, 1.165) is 25.0 Å². The van der Waals surface area contributed by atoms with Gasteiger partial charge in [0.1, 0.15) is 0 Å². The zero-order valence-electron chi connectivity index (χ0n) is 11.5. The molecule has 5 heteroatoms. The van der Waals surface area contributed by atoms with Gasteiger partial charge in [-0.1, -0.05) is 6.08 Å². The summed E-state index contributed by atoms with van der Waals surface area (Å²) in [5.41, 5.74) is 0.971. The molecule has 1 aromatic heterocycles. The van der Waals surface area contributed by atoms with Crippen molar-refractivity contribution in [2.24, 2.45) is 5.41 Å². The van der Waals surface area contributed by atoms with Gasteiger partial charge in [-0.2, -0.15) is 0 Å². The van der Waals surface area contributed by atoms with Crippen molar-refractivity contribution in [3.05, 3.63) is 35.9 Å². The minimum absolute atomic E-state index is 0.0923. The van der Waals surface area contributed by atoms with E-state index in [9.17, 15) is 9.59 Å². The second-order valence-corrected chi connectivity index (χ2v) is 5.52. The smallest absolute Gasteiger partial charge is 0.287 e. The van der Waals surface area contributed by atoms with Crippen LogP contribution in [0.3, 0.4) is 0 Å². The second kappa shape index (κ2) is 4.81. The lowest BCUT2D eigenvalue weighted by atomic mass is 9.77. The van der Waals surface area contributed by atoms with Crippen LogP contribution in [0.2, 0.25) is 0 Å². The zero-order valence-corrected chi connectivity index (χ0v) is 11.5. The van der Waals surface area contributed by atoms with Crippen LogP contribution in [0, 0.1) is 5.41 Å². The van der Waals surface area contributed by atoms with E-state index in [-0.39, 0.29) is 17.2 Å². The second-order valence-electron chi connectivity index (χ2n) is 5.52. The van der Waals surface area contributed by atoms with E-state index in [2.05, 4.69) is 11.4 Å². The average Bonchev–Trinajstić information content (AvgIpc) is 3.10. The molecule has 20 heavy (non-hydrogen) atoms. The number of nitrogens with zero attached hydrogens (tertiary/aromatic N) is 1. The molecule has 1 N–H and O–H groups in total. The lowest BCUT2D eigenvalue weighted by molar-refractivity contribution is -0.131. The molecule has 3 rings (SSSR count). The van der Waals surface area contributed by atoms with Crippen LogP contribution < -0.4 is 5.32 Å². The number of piperidine rings is 1. The highest BCUT2D eigenvalue weighted by molar-refractivity contribution is 5.91. The fourth-order valence-corrected chi connectivity index (χ4v) is 3.24. The van der Waals surface area contributed by atoms with Gasteiger partial charge in [-0.25, -0.2) is 0 Å². The first kappa shape index (κ1) is 13.0. The Morgan fingerprint density at radius 2 is 2.35 bits per heavy atom. The number of carbonyl (C=O) groups is 2. The van der Waals surface area contributed by atoms with Gasteiger partial charge in [0.2, 0.25) is 5.91 Å². The minimum Gasteiger partial charge on any atom is -0.459 e. The monoisotopic (exact) mass is 274 g/mol. The summed E-state index contributed by atoms with van der Waals surface area (Å²) in [5.74, 6) is 0.284. The number of hydrogen-bond acceptors (Lipinski definition) is 3.